The molecule has 0 bridgehead atoms. The molecule has 2 rings (SSSR count). The fourth-order valence-corrected chi connectivity index (χ4v) is 2.52. The second-order valence-corrected chi connectivity index (χ2v) is 5.71. The summed E-state index contributed by atoms with van der Waals surface area (Å²) in [5, 5.41) is 14.7. The zero-order valence-electron chi connectivity index (χ0n) is 13.3. The third-order valence-electron chi connectivity index (χ3n) is 3.84. The van der Waals surface area contributed by atoms with Gasteiger partial charge >= 0.3 is 5.97 Å². The van der Waals surface area contributed by atoms with Crippen LogP contribution in [0.3, 0.4) is 0 Å². The van der Waals surface area contributed by atoms with Gasteiger partial charge in [-0.15, -0.1) is 0 Å². The van der Waals surface area contributed by atoms with Gasteiger partial charge in [0.15, 0.2) is 5.71 Å². The lowest BCUT2D eigenvalue weighted by Gasteiger charge is -2.21. The smallest absolute Gasteiger partial charge is 0.361 e. The van der Waals surface area contributed by atoms with Gasteiger partial charge in [0.25, 0.3) is 5.69 Å². The van der Waals surface area contributed by atoms with Gasteiger partial charge in [0.05, 0.1) is 11.5 Å². The Kier molecular flexibility index (Phi) is 5.31. The fraction of sp³-hybridized carbons (Fsp3) is 0.500. The monoisotopic (exact) mass is 320 g/mol. The highest BCUT2D eigenvalue weighted by atomic mass is 16.7. The lowest BCUT2D eigenvalue weighted by atomic mass is 10.1. The Morgan fingerprint density at radius 3 is 2.43 bits per heavy atom. The zero-order valence-corrected chi connectivity index (χ0v) is 13.3. The molecule has 0 N–H and O–H groups in total. The molecular weight excluding hydrogens is 300 g/mol. The van der Waals surface area contributed by atoms with E-state index in [2.05, 4.69) is 5.16 Å². The summed E-state index contributed by atoms with van der Waals surface area (Å²) in [5.41, 5.74) is 0.0181. The Labute approximate surface area is 134 Å². The van der Waals surface area contributed by atoms with E-state index in [1.165, 1.54) is 24.3 Å². The molecule has 1 saturated carbocycles. The van der Waals surface area contributed by atoms with E-state index in [1.807, 2.05) is 6.92 Å². The van der Waals surface area contributed by atoms with Gasteiger partial charge in [-0.2, -0.15) is 0 Å². The van der Waals surface area contributed by atoms with Crippen molar-refractivity contribution in [3.8, 4) is 0 Å². The van der Waals surface area contributed by atoms with E-state index in [0.717, 1.165) is 25.7 Å². The SMILES string of the molecule is CCOC(=O)C(=NOC1(C)CCCC1)c1ccc([N+](=O)[O-])cc1. The lowest BCUT2D eigenvalue weighted by Crippen LogP contribution is -2.25. The normalized spacial score (nSPS) is 16.9. The number of hydrogen-bond donors (Lipinski definition) is 0. The highest BCUT2D eigenvalue weighted by molar-refractivity contribution is 6.43. The van der Waals surface area contributed by atoms with E-state index in [9.17, 15) is 14.9 Å². The van der Waals surface area contributed by atoms with Crippen LogP contribution in [0.2, 0.25) is 0 Å². The van der Waals surface area contributed by atoms with Crippen molar-refractivity contribution >= 4 is 17.4 Å². The number of ether oxygens (including phenoxy) is 1. The molecule has 0 aromatic heterocycles. The summed E-state index contributed by atoms with van der Waals surface area (Å²) in [4.78, 5) is 27.9. The summed E-state index contributed by atoms with van der Waals surface area (Å²) in [6.45, 7) is 3.87. The summed E-state index contributed by atoms with van der Waals surface area (Å²) >= 11 is 0. The minimum atomic E-state index is -0.608. The number of rotatable bonds is 6. The van der Waals surface area contributed by atoms with Gasteiger partial charge in [-0.1, -0.05) is 5.16 Å². The van der Waals surface area contributed by atoms with Crippen molar-refractivity contribution in [2.45, 2.75) is 45.1 Å². The molecule has 1 aromatic carbocycles. The molecular formula is C16H20N2O5. The average molecular weight is 320 g/mol. The number of nitro groups is 1. The first-order valence-electron chi connectivity index (χ1n) is 7.63. The van der Waals surface area contributed by atoms with E-state index in [0.29, 0.717) is 5.56 Å². The Morgan fingerprint density at radius 1 is 1.30 bits per heavy atom. The zero-order chi connectivity index (χ0) is 16.9. The van der Waals surface area contributed by atoms with Crippen LogP contribution in [-0.4, -0.2) is 28.8 Å². The van der Waals surface area contributed by atoms with Crippen LogP contribution >= 0.6 is 0 Å². The van der Waals surface area contributed by atoms with Crippen LogP contribution in [0.5, 0.6) is 0 Å². The molecule has 0 atom stereocenters. The Morgan fingerprint density at radius 2 is 1.91 bits per heavy atom. The number of carbonyl (C=O) groups excluding carboxylic acids is 1. The highest BCUT2D eigenvalue weighted by Crippen LogP contribution is 2.32. The first kappa shape index (κ1) is 16.9. The number of esters is 1. The molecule has 7 nitrogen and oxygen atoms in total. The third-order valence-corrected chi connectivity index (χ3v) is 3.84. The van der Waals surface area contributed by atoms with Crippen LogP contribution in [0.4, 0.5) is 5.69 Å². The number of hydrogen-bond acceptors (Lipinski definition) is 6. The summed E-state index contributed by atoms with van der Waals surface area (Å²) in [5.74, 6) is -0.608. The van der Waals surface area contributed by atoms with Gasteiger partial charge in [-0.05, 0) is 51.7 Å². The number of carbonyl (C=O) groups is 1. The van der Waals surface area contributed by atoms with E-state index in [-0.39, 0.29) is 23.6 Å². The molecule has 0 spiro atoms. The Balaban J connectivity index is 2.26. The minimum Gasteiger partial charge on any atom is -0.461 e. The van der Waals surface area contributed by atoms with Crippen molar-refractivity contribution in [1.82, 2.24) is 0 Å². The molecule has 7 heteroatoms. The van der Waals surface area contributed by atoms with Crippen LogP contribution in [0, 0.1) is 10.1 Å². The maximum atomic E-state index is 12.1. The molecule has 1 fully saturated rings. The maximum Gasteiger partial charge on any atom is 0.361 e. The van der Waals surface area contributed by atoms with Crippen LogP contribution in [0.25, 0.3) is 0 Å². The van der Waals surface area contributed by atoms with Crippen molar-refractivity contribution in [1.29, 1.82) is 0 Å². The summed E-state index contributed by atoms with van der Waals surface area (Å²) < 4.78 is 5.00. The largest absolute Gasteiger partial charge is 0.461 e. The molecule has 1 aliphatic carbocycles. The molecule has 0 amide bonds. The second-order valence-electron chi connectivity index (χ2n) is 5.71. The van der Waals surface area contributed by atoms with Gasteiger partial charge in [-0.3, -0.25) is 10.1 Å². The van der Waals surface area contributed by atoms with Crippen LogP contribution in [0.15, 0.2) is 29.4 Å². The summed E-state index contributed by atoms with van der Waals surface area (Å²) in [6, 6.07) is 5.57. The highest BCUT2D eigenvalue weighted by Gasteiger charge is 2.31. The van der Waals surface area contributed by atoms with Crippen LogP contribution in [0.1, 0.15) is 45.1 Å². The standard InChI is InChI=1S/C16H20N2O5/c1-3-22-15(19)14(17-23-16(2)10-4-5-11-16)12-6-8-13(9-7-12)18(20)21/h6-9H,3-5,10-11H2,1-2H3. The van der Waals surface area contributed by atoms with Gasteiger partial charge in [0, 0.05) is 17.7 Å². The Bertz CT molecular complexity index is 603. The predicted molar refractivity (Wildman–Crippen MR) is 84.2 cm³/mol. The lowest BCUT2D eigenvalue weighted by molar-refractivity contribution is -0.384. The average Bonchev–Trinajstić information content (AvgIpc) is 2.95. The second kappa shape index (κ2) is 7.21. The fourth-order valence-electron chi connectivity index (χ4n) is 2.52. The molecule has 0 aliphatic heterocycles. The number of nitro benzene ring substituents is 1. The molecule has 1 aromatic rings. The molecule has 124 valence electrons. The third kappa shape index (κ3) is 4.28. The first-order valence-corrected chi connectivity index (χ1v) is 7.63. The van der Waals surface area contributed by atoms with Crippen molar-refractivity contribution in [2.24, 2.45) is 5.16 Å². The number of oxime groups is 1. The van der Waals surface area contributed by atoms with Gasteiger partial charge in [0.2, 0.25) is 0 Å². The van der Waals surface area contributed by atoms with E-state index in [1.54, 1.807) is 6.92 Å². The van der Waals surface area contributed by atoms with Gasteiger partial charge in [0.1, 0.15) is 5.60 Å². The molecule has 0 heterocycles. The van der Waals surface area contributed by atoms with Crippen molar-refractivity contribution in [3.63, 3.8) is 0 Å². The van der Waals surface area contributed by atoms with Crippen molar-refractivity contribution in [2.75, 3.05) is 6.61 Å². The minimum absolute atomic E-state index is 0.0230. The maximum absolute atomic E-state index is 12.1. The molecule has 0 saturated heterocycles. The van der Waals surface area contributed by atoms with E-state index < -0.39 is 10.9 Å². The van der Waals surface area contributed by atoms with Gasteiger partial charge in [-0.25, -0.2) is 4.79 Å². The summed E-state index contributed by atoms with van der Waals surface area (Å²) in [7, 11) is 0. The van der Waals surface area contributed by atoms with E-state index in [4.69, 9.17) is 9.57 Å². The molecule has 1 aliphatic rings. The Hall–Kier alpha value is -2.44. The number of benzene rings is 1. The topological polar surface area (TPSA) is 91.0 Å². The molecule has 0 unspecified atom stereocenters. The van der Waals surface area contributed by atoms with Gasteiger partial charge < -0.3 is 9.57 Å². The van der Waals surface area contributed by atoms with E-state index >= 15 is 0 Å². The van der Waals surface area contributed by atoms with Crippen molar-refractivity contribution in [3.05, 3.63) is 39.9 Å². The van der Waals surface area contributed by atoms with Crippen molar-refractivity contribution < 1.29 is 19.3 Å². The number of non-ortho nitro benzene ring substituents is 1. The molecule has 0 radical (unpaired) electrons. The summed E-state index contributed by atoms with van der Waals surface area (Å²) in [6.07, 6.45) is 3.90. The predicted octanol–water partition coefficient (Wildman–Crippen LogP) is 3.21. The molecule has 23 heavy (non-hydrogen) atoms. The number of nitrogens with zero attached hydrogens (tertiary/aromatic N) is 2. The quantitative estimate of drug-likeness (QED) is 0.347. The van der Waals surface area contributed by atoms with Crippen LogP contribution in [-0.2, 0) is 14.4 Å². The van der Waals surface area contributed by atoms with Crippen LogP contribution < -0.4 is 0 Å². The first-order chi connectivity index (χ1) is 10.9.